The highest BCUT2D eigenvalue weighted by atomic mass is 35.5. The molecule has 11 heteroatoms. The van der Waals surface area contributed by atoms with Crippen LogP contribution in [0.1, 0.15) is 42.8 Å². The maximum Gasteiger partial charge on any atom is 0.190 e. The first-order valence-corrected chi connectivity index (χ1v) is 13.3. The van der Waals surface area contributed by atoms with Gasteiger partial charge in [-0.25, -0.2) is 14.6 Å². The van der Waals surface area contributed by atoms with Crippen molar-refractivity contribution in [1.29, 1.82) is 5.26 Å². The number of piperidine rings is 1. The van der Waals surface area contributed by atoms with Crippen molar-refractivity contribution < 1.29 is 0 Å². The molecule has 2 aliphatic rings. The number of H-pyrrole nitrogens is 1. The molecule has 3 aromatic heterocycles. The molecular formula is C26H27Cl2N9. The molecule has 6 rings (SSSR count). The number of aromatic amines is 1. The van der Waals surface area contributed by atoms with Crippen molar-refractivity contribution in [1.82, 2.24) is 34.8 Å². The highest BCUT2D eigenvalue weighted by molar-refractivity contribution is 6.35. The van der Waals surface area contributed by atoms with E-state index in [1.54, 1.807) is 23.0 Å². The zero-order valence-corrected chi connectivity index (χ0v) is 22.0. The Kier molecular flexibility index (Phi) is 6.49. The lowest BCUT2D eigenvalue weighted by Crippen LogP contribution is -2.53. The van der Waals surface area contributed by atoms with E-state index < -0.39 is 0 Å². The average Bonchev–Trinajstić information content (AvgIpc) is 3.50. The highest BCUT2D eigenvalue weighted by Crippen LogP contribution is 2.35. The average molecular weight is 536 g/mol. The Labute approximate surface area is 225 Å². The summed E-state index contributed by atoms with van der Waals surface area (Å²) < 4.78 is 1.74. The van der Waals surface area contributed by atoms with Crippen LogP contribution in [0.3, 0.4) is 0 Å². The molecule has 2 fully saturated rings. The second kappa shape index (κ2) is 9.93. The van der Waals surface area contributed by atoms with E-state index in [0.29, 0.717) is 33.0 Å². The maximum absolute atomic E-state index is 9.65. The molecule has 4 aromatic rings. The zero-order valence-electron chi connectivity index (χ0n) is 20.5. The zero-order chi connectivity index (χ0) is 25.5. The van der Waals surface area contributed by atoms with Gasteiger partial charge < -0.3 is 4.90 Å². The van der Waals surface area contributed by atoms with Crippen molar-refractivity contribution in [2.45, 2.75) is 32.4 Å². The van der Waals surface area contributed by atoms with E-state index in [1.807, 2.05) is 25.3 Å². The number of fused-ring (bicyclic) bond motifs is 1. The van der Waals surface area contributed by atoms with Crippen LogP contribution in [0.15, 0.2) is 36.7 Å². The van der Waals surface area contributed by atoms with E-state index in [2.05, 4.69) is 36.1 Å². The third kappa shape index (κ3) is 4.65. The number of likely N-dealkylation sites (tertiary alicyclic amines) is 1. The van der Waals surface area contributed by atoms with Crippen LogP contribution in [-0.2, 0) is 6.54 Å². The van der Waals surface area contributed by atoms with E-state index in [4.69, 9.17) is 28.2 Å². The number of nitrogens with zero attached hydrogens (tertiary/aromatic N) is 8. The van der Waals surface area contributed by atoms with Crippen LogP contribution in [0, 0.1) is 23.2 Å². The van der Waals surface area contributed by atoms with Crippen molar-refractivity contribution in [2.24, 2.45) is 11.8 Å². The van der Waals surface area contributed by atoms with Gasteiger partial charge in [-0.15, -0.1) is 0 Å². The lowest BCUT2D eigenvalue weighted by molar-refractivity contribution is 0.113. The summed E-state index contributed by atoms with van der Waals surface area (Å²) in [4.78, 5) is 14.3. The molecule has 2 saturated heterocycles. The van der Waals surface area contributed by atoms with E-state index in [9.17, 15) is 5.26 Å². The van der Waals surface area contributed by atoms with Crippen LogP contribution in [0.2, 0.25) is 10.0 Å². The van der Waals surface area contributed by atoms with Crippen LogP contribution in [0.5, 0.6) is 0 Å². The molecule has 37 heavy (non-hydrogen) atoms. The topological polar surface area (TPSA) is 103 Å². The molecule has 0 amide bonds. The van der Waals surface area contributed by atoms with Gasteiger partial charge in [-0.3, -0.25) is 10.00 Å². The van der Waals surface area contributed by atoms with E-state index in [-0.39, 0.29) is 11.7 Å². The first kappa shape index (κ1) is 24.2. The van der Waals surface area contributed by atoms with E-state index in [0.717, 1.165) is 49.8 Å². The van der Waals surface area contributed by atoms with Gasteiger partial charge in [0.25, 0.3) is 0 Å². The summed E-state index contributed by atoms with van der Waals surface area (Å²) in [6.07, 6.45) is 6.13. The first-order valence-electron chi connectivity index (χ1n) is 12.6. The molecule has 0 bridgehead atoms. The van der Waals surface area contributed by atoms with Crippen molar-refractivity contribution in [2.75, 3.05) is 31.1 Å². The Morgan fingerprint density at radius 2 is 2.05 bits per heavy atom. The summed E-state index contributed by atoms with van der Waals surface area (Å²) in [5.41, 5.74) is 3.29. The van der Waals surface area contributed by atoms with Crippen LogP contribution >= 0.6 is 23.2 Å². The summed E-state index contributed by atoms with van der Waals surface area (Å²) in [7, 11) is 0. The fourth-order valence-corrected chi connectivity index (χ4v) is 6.16. The van der Waals surface area contributed by atoms with Gasteiger partial charge in [0.05, 0.1) is 17.9 Å². The molecular weight excluding hydrogens is 509 g/mol. The van der Waals surface area contributed by atoms with Gasteiger partial charge in [0.1, 0.15) is 17.4 Å². The Morgan fingerprint density at radius 3 is 2.81 bits per heavy atom. The predicted molar refractivity (Wildman–Crippen MR) is 143 cm³/mol. The van der Waals surface area contributed by atoms with Gasteiger partial charge in [0.2, 0.25) is 0 Å². The summed E-state index contributed by atoms with van der Waals surface area (Å²) in [5.74, 6) is 2.11. The van der Waals surface area contributed by atoms with Crippen LogP contribution in [0.4, 0.5) is 5.82 Å². The monoisotopic (exact) mass is 535 g/mol. The molecule has 2 atom stereocenters. The Hall–Kier alpha value is -3.19. The largest absolute Gasteiger partial charge is 0.355 e. The standard InChI is InChI=1S/C26H27Cl2N9/c1-16(21-5-4-19(27)9-22(21)28)37-26-25(23(10-29)34-37)30-11-24(32-26)36-13-18(14-36)17-3-2-8-35(12-17)15-20-6-7-31-33-20/h4-7,9,11,16-18H,2-3,8,12-15H2,1H3,(H,31,33)/t16-,17-/m1/s1. The Morgan fingerprint density at radius 1 is 1.19 bits per heavy atom. The van der Waals surface area contributed by atoms with Gasteiger partial charge in [0, 0.05) is 42.4 Å². The molecule has 0 unspecified atom stereocenters. The quantitative estimate of drug-likeness (QED) is 0.382. The van der Waals surface area contributed by atoms with E-state index >= 15 is 0 Å². The number of benzene rings is 1. The van der Waals surface area contributed by atoms with Gasteiger partial charge in [-0.05, 0) is 61.9 Å². The van der Waals surface area contributed by atoms with Crippen molar-refractivity contribution >= 4 is 40.2 Å². The molecule has 0 saturated carbocycles. The van der Waals surface area contributed by atoms with Crippen molar-refractivity contribution in [3.63, 3.8) is 0 Å². The molecule has 1 aromatic carbocycles. The highest BCUT2D eigenvalue weighted by Gasteiger charge is 2.37. The maximum atomic E-state index is 9.65. The van der Waals surface area contributed by atoms with Crippen molar-refractivity contribution in [3.8, 4) is 6.07 Å². The summed E-state index contributed by atoms with van der Waals surface area (Å²) in [5, 5.41) is 22.5. The Balaban J connectivity index is 1.19. The number of halogens is 2. The molecule has 5 heterocycles. The lowest BCUT2D eigenvalue weighted by Gasteiger charge is -2.47. The molecule has 2 aliphatic heterocycles. The lowest BCUT2D eigenvalue weighted by atomic mass is 9.80. The minimum atomic E-state index is -0.245. The molecule has 0 aliphatic carbocycles. The van der Waals surface area contributed by atoms with Crippen LogP contribution in [0.25, 0.3) is 11.2 Å². The number of anilines is 1. The number of aromatic nitrogens is 6. The number of hydrogen-bond acceptors (Lipinski definition) is 7. The number of nitriles is 1. The predicted octanol–water partition coefficient (Wildman–Crippen LogP) is 4.69. The summed E-state index contributed by atoms with van der Waals surface area (Å²) in [6.45, 7) is 7.03. The normalized spacial score (nSPS) is 19.6. The fraction of sp³-hybridized carbons (Fsp3) is 0.423. The molecule has 1 N–H and O–H groups in total. The summed E-state index contributed by atoms with van der Waals surface area (Å²) >= 11 is 12.6. The third-order valence-corrected chi connectivity index (χ3v) is 8.22. The molecule has 0 spiro atoms. The second-order valence-electron chi connectivity index (χ2n) is 10.0. The van der Waals surface area contributed by atoms with Gasteiger partial charge in [0.15, 0.2) is 11.3 Å². The van der Waals surface area contributed by atoms with Crippen LogP contribution < -0.4 is 4.90 Å². The number of hydrogen-bond donors (Lipinski definition) is 1. The Bertz CT molecular complexity index is 1450. The van der Waals surface area contributed by atoms with E-state index in [1.165, 1.54) is 12.8 Å². The first-order chi connectivity index (χ1) is 18.0. The van der Waals surface area contributed by atoms with Gasteiger partial charge in [-0.1, -0.05) is 29.3 Å². The molecule has 0 radical (unpaired) electrons. The fourth-order valence-electron chi connectivity index (χ4n) is 5.59. The summed E-state index contributed by atoms with van der Waals surface area (Å²) in [6, 6.07) is 9.35. The van der Waals surface area contributed by atoms with Crippen LogP contribution in [-0.4, -0.2) is 61.0 Å². The van der Waals surface area contributed by atoms with Crippen molar-refractivity contribution in [3.05, 3.63) is 63.7 Å². The third-order valence-electron chi connectivity index (χ3n) is 7.66. The van der Waals surface area contributed by atoms with Gasteiger partial charge in [-0.2, -0.15) is 15.5 Å². The second-order valence-corrected chi connectivity index (χ2v) is 10.9. The minimum absolute atomic E-state index is 0.245. The SMILES string of the molecule is C[C@H](c1ccc(Cl)cc1Cl)n1nc(C#N)c2ncc(N3CC([C@@H]4CCCN(Cc5cc[nH]n5)C4)C3)nc21. The molecule has 9 nitrogen and oxygen atoms in total. The van der Waals surface area contributed by atoms with Gasteiger partial charge >= 0.3 is 0 Å². The number of nitrogens with one attached hydrogen (secondary N) is 1. The molecule has 190 valence electrons. The smallest absolute Gasteiger partial charge is 0.190 e. The minimum Gasteiger partial charge on any atom is -0.355 e. The number of rotatable bonds is 6.